The molecule has 4 nitrogen and oxygen atoms in total. The maximum atomic E-state index is 14.5. The van der Waals surface area contributed by atoms with Crippen LogP contribution in [0.1, 0.15) is 99.8 Å². The molecule has 0 saturated heterocycles. The SMILES string of the molecule is COC(=O)[C@]12CCC(C)(C)C[C@H]1C1=CC(=O)[C@@H]3[C@@]4(C)CC(Br)(Br)C(=O)C(C)(C)[C@@H]4CC[C@@]3(C)[C@]1(C)CC2. The maximum absolute atomic E-state index is 14.5. The van der Waals surface area contributed by atoms with Gasteiger partial charge in [0.25, 0.3) is 0 Å². The largest absolute Gasteiger partial charge is 0.469 e. The summed E-state index contributed by atoms with van der Waals surface area (Å²) in [5.41, 5.74) is -0.490. The minimum absolute atomic E-state index is 0.0329. The first-order valence-electron chi connectivity index (χ1n) is 14.1. The third-order valence-corrected chi connectivity index (χ3v) is 13.9. The minimum atomic E-state index is -0.821. The molecule has 0 radical (unpaired) electrons. The number of ether oxygens (including phenoxy) is 1. The van der Waals surface area contributed by atoms with Gasteiger partial charge in [-0.2, -0.15) is 0 Å². The van der Waals surface area contributed by atoms with E-state index in [2.05, 4.69) is 80.3 Å². The lowest BCUT2D eigenvalue weighted by molar-refractivity contribution is -0.192. The first-order valence-corrected chi connectivity index (χ1v) is 15.7. The van der Waals surface area contributed by atoms with Crippen molar-refractivity contribution in [1.82, 2.24) is 0 Å². The second kappa shape index (κ2) is 8.04. The van der Waals surface area contributed by atoms with Crippen LogP contribution in [0, 0.1) is 50.2 Å². The van der Waals surface area contributed by atoms with Gasteiger partial charge in [-0.15, -0.1) is 0 Å². The van der Waals surface area contributed by atoms with E-state index in [0.29, 0.717) is 6.42 Å². The number of allylic oxidation sites excluding steroid dienone is 2. The molecule has 0 aromatic heterocycles. The summed E-state index contributed by atoms with van der Waals surface area (Å²) in [6.07, 6.45) is 8.88. The van der Waals surface area contributed by atoms with E-state index >= 15 is 0 Å². The number of methoxy groups -OCH3 is 1. The van der Waals surface area contributed by atoms with Crippen LogP contribution in [0.4, 0.5) is 0 Å². The maximum Gasteiger partial charge on any atom is 0.312 e. The molecule has 0 amide bonds. The van der Waals surface area contributed by atoms with Crippen molar-refractivity contribution in [3.63, 3.8) is 0 Å². The Balaban J connectivity index is 1.68. The van der Waals surface area contributed by atoms with Gasteiger partial charge in [-0.3, -0.25) is 14.4 Å². The van der Waals surface area contributed by atoms with Gasteiger partial charge < -0.3 is 4.74 Å². The summed E-state index contributed by atoms with van der Waals surface area (Å²) in [6, 6.07) is 0. The molecule has 5 rings (SSSR count). The van der Waals surface area contributed by atoms with Gasteiger partial charge >= 0.3 is 5.97 Å². The second-order valence-electron chi connectivity index (χ2n) is 15.3. The van der Waals surface area contributed by atoms with Gasteiger partial charge in [0, 0.05) is 11.3 Å². The number of Topliss-reactive ketones (excluding diaryl/α,β-unsaturated/α-hetero) is 1. The lowest BCUT2D eigenvalue weighted by Crippen LogP contribution is -2.68. The third kappa shape index (κ3) is 3.45. The average molecular weight is 640 g/mol. The van der Waals surface area contributed by atoms with Gasteiger partial charge in [-0.25, -0.2) is 0 Å². The zero-order chi connectivity index (χ0) is 27.6. The summed E-state index contributed by atoms with van der Waals surface area (Å²) in [7, 11) is 1.51. The van der Waals surface area contributed by atoms with Crippen LogP contribution in [0.3, 0.4) is 0 Å². The van der Waals surface area contributed by atoms with Crippen LogP contribution in [-0.4, -0.2) is 27.9 Å². The molecule has 0 aromatic carbocycles. The van der Waals surface area contributed by atoms with Crippen LogP contribution < -0.4 is 0 Å². The van der Waals surface area contributed by atoms with Gasteiger partial charge in [0.1, 0.15) is 3.23 Å². The summed E-state index contributed by atoms with van der Waals surface area (Å²) < 4.78 is 4.62. The summed E-state index contributed by atoms with van der Waals surface area (Å²) in [5, 5.41) is 0. The minimum Gasteiger partial charge on any atom is -0.469 e. The number of carbonyl (C=O) groups excluding carboxylic acids is 3. The Hall–Kier alpha value is -0.490. The van der Waals surface area contributed by atoms with Crippen molar-refractivity contribution < 1.29 is 19.1 Å². The topological polar surface area (TPSA) is 60.4 Å². The van der Waals surface area contributed by atoms with E-state index in [1.165, 1.54) is 12.7 Å². The van der Waals surface area contributed by atoms with Crippen LogP contribution in [-0.2, 0) is 19.1 Å². The monoisotopic (exact) mass is 638 g/mol. The van der Waals surface area contributed by atoms with Crippen molar-refractivity contribution in [2.75, 3.05) is 7.11 Å². The van der Waals surface area contributed by atoms with Crippen LogP contribution >= 0.6 is 31.9 Å². The second-order valence-corrected chi connectivity index (χ2v) is 19.1. The number of halogens is 2. The van der Waals surface area contributed by atoms with E-state index in [4.69, 9.17) is 4.74 Å². The third-order valence-electron chi connectivity index (χ3n) is 12.6. The Kier molecular flexibility index (Phi) is 6.10. The van der Waals surface area contributed by atoms with Crippen LogP contribution in [0.5, 0.6) is 0 Å². The van der Waals surface area contributed by atoms with Gasteiger partial charge in [0.2, 0.25) is 0 Å². The molecule has 5 aliphatic carbocycles. The first-order chi connectivity index (χ1) is 16.8. The van der Waals surface area contributed by atoms with Gasteiger partial charge in [0.05, 0.1) is 12.5 Å². The van der Waals surface area contributed by atoms with Crippen LogP contribution in [0.15, 0.2) is 11.6 Å². The highest BCUT2D eigenvalue weighted by atomic mass is 79.9. The molecule has 5 aliphatic rings. The molecular formula is C31H44Br2O4. The van der Waals surface area contributed by atoms with E-state index in [0.717, 1.165) is 44.9 Å². The highest BCUT2D eigenvalue weighted by Gasteiger charge is 2.73. The molecule has 4 saturated carbocycles. The van der Waals surface area contributed by atoms with Crippen LogP contribution in [0.25, 0.3) is 0 Å². The van der Waals surface area contributed by atoms with Crippen molar-refractivity contribution in [3.05, 3.63) is 11.6 Å². The van der Waals surface area contributed by atoms with Crippen molar-refractivity contribution >= 4 is 49.4 Å². The van der Waals surface area contributed by atoms with E-state index < -0.39 is 14.1 Å². The Morgan fingerprint density at radius 3 is 2.19 bits per heavy atom. The van der Waals surface area contributed by atoms with Crippen molar-refractivity contribution in [2.24, 2.45) is 50.2 Å². The molecule has 4 fully saturated rings. The van der Waals surface area contributed by atoms with Crippen LogP contribution in [0.2, 0.25) is 0 Å². The fraction of sp³-hybridized carbons (Fsp3) is 0.839. The van der Waals surface area contributed by atoms with Gasteiger partial charge in [0.15, 0.2) is 11.6 Å². The molecule has 206 valence electrons. The fourth-order valence-electron chi connectivity index (χ4n) is 10.6. The fourth-order valence-corrected chi connectivity index (χ4v) is 12.9. The van der Waals surface area contributed by atoms with Crippen molar-refractivity contribution in [2.45, 2.75) is 103 Å². The molecule has 0 aliphatic heterocycles. The summed E-state index contributed by atoms with van der Waals surface area (Å²) in [5.74, 6) is 0.293. The highest BCUT2D eigenvalue weighted by Crippen LogP contribution is 2.76. The molecule has 0 unspecified atom stereocenters. The number of alkyl halides is 2. The number of esters is 1. The number of hydrogen-bond acceptors (Lipinski definition) is 4. The number of rotatable bonds is 1. The van der Waals surface area contributed by atoms with Crippen molar-refractivity contribution in [1.29, 1.82) is 0 Å². The molecule has 37 heavy (non-hydrogen) atoms. The molecule has 0 N–H and O–H groups in total. The molecule has 7 atom stereocenters. The number of ketones is 2. The number of carbonyl (C=O) groups is 3. The molecule has 0 bridgehead atoms. The highest BCUT2D eigenvalue weighted by molar-refractivity contribution is 9.25. The van der Waals surface area contributed by atoms with E-state index in [1.807, 2.05) is 6.08 Å². The average Bonchev–Trinajstić information content (AvgIpc) is 2.77. The Bertz CT molecular complexity index is 1100. The Morgan fingerprint density at radius 1 is 0.946 bits per heavy atom. The number of hydrogen-bond donors (Lipinski definition) is 0. The van der Waals surface area contributed by atoms with E-state index in [-0.39, 0.29) is 56.9 Å². The quantitative estimate of drug-likeness (QED) is 0.217. The van der Waals surface area contributed by atoms with E-state index in [1.54, 1.807) is 0 Å². The molecule has 0 heterocycles. The normalized spacial score (nSPS) is 47.5. The summed E-state index contributed by atoms with van der Waals surface area (Å²) in [4.78, 5) is 41.3. The molecule has 6 heteroatoms. The molecule has 0 aromatic rings. The van der Waals surface area contributed by atoms with E-state index in [9.17, 15) is 14.4 Å². The Morgan fingerprint density at radius 2 is 1.57 bits per heavy atom. The molecular weight excluding hydrogens is 596 g/mol. The van der Waals surface area contributed by atoms with Gasteiger partial charge in [-0.05, 0) is 90.9 Å². The zero-order valence-corrected chi connectivity index (χ0v) is 27.0. The lowest BCUT2D eigenvalue weighted by atomic mass is 9.33. The standard InChI is InChI=1S/C31H44Br2O4/c1-25(2)11-13-30(24(36)37-8)14-12-28(6)18(19(30)16-25)15-20(34)22-27(5)17-31(32,33)23(35)26(3,4)21(27)9-10-29(22,28)7/h15,19,21-22H,9-14,16-17H2,1-8H3/t19-,21-,22+,27-,28+,29+,30-/m0/s1. The zero-order valence-electron chi connectivity index (χ0n) is 23.9. The smallest absolute Gasteiger partial charge is 0.312 e. The summed E-state index contributed by atoms with van der Waals surface area (Å²) in [6.45, 7) is 15.8. The Labute approximate surface area is 239 Å². The summed E-state index contributed by atoms with van der Waals surface area (Å²) >= 11 is 7.49. The van der Waals surface area contributed by atoms with Gasteiger partial charge in [-0.1, -0.05) is 85.9 Å². The van der Waals surface area contributed by atoms with Crippen molar-refractivity contribution in [3.8, 4) is 0 Å². The predicted molar refractivity (Wildman–Crippen MR) is 152 cm³/mol. The predicted octanol–water partition coefficient (Wildman–Crippen LogP) is 7.81. The lowest BCUT2D eigenvalue weighted by Gasteiger charge is -2.70. The number of fused-ring (bicyclic) bond motifs is 7. The molecule has 0 spiro atoms. The first kappa shape index (κ1) is 28.1.